The third-order valence-corrected chi connectivity index (χ3v) is 2.47. The Kier molecular flexibility index (Phi) is 6.98. The maximum absolute atomic E-state index is 5.91. The first-order valence-electron chi connectivity index (χ1n) is 6.47. The van der Waals surface area contributed by atoms with Gasteiger partial charge in [0.15, 0.2) is 0 Å². The minimum Gasteiger partial charge on any atom is -0.381 e. The molecule has 0 fully saturated rings. The number of anilines is 1. The van der Waals surface area contributed by atoms with Crippen LogP contribution < -0.4 is 5.32 Å². The number of hydrogen-bond donors (Lipinski definition) is 1. The highest BCUT2D eigenvalue weighted by atomic mass is 35.5. The Balaban J connectivity index is 2.24. The normalized spacial score (nSPS) is 10.9. The summed E-state index contributed by atoms with van der Waals surface area (Å²) in [7, 11) is 0. The number of nitrogens with zero attached hydrogens (tertiary/aromatic N) is 2. The Morgan fingerprint density at radius 3 is 2.83 bits per heavy atom. The summed E-state index contributed by atoms with van der Waals surface area (Å²) in [6.07, 6.45) is 1.74. The van der Waals surface area contributed by atoms with Crippen molar-refractivity contribution in [1.29, 1.82) is 0 Å². The molecule has 4 nitrogen and oxygen atoms in total. The van der Waals surface area contributed by atoms with E-state index >= 15 is 0 Å². The summed E-state index contributed by atoms with van der Waals surface area (Å²) in [6, 6.07) is 1.75. The maximum atomic E-state index is 5.91. The smallest absolute Gasteiger partial charge is 0.134 e. The molecule has 18 heavy (non-hydrogen) atoms. The molecular formula is C13H22ClN3O. The zero-order valence-corrected chi connectivity index (χ0v) is 12.1. The molecule has 0 spiro atoms. The minimum atomic E-state index is 0.486. The molecular weight excluding hydrogens is 250 g/mol. The molecule has 1 aromatic rings. The van der Waals surface area contributed by atoms with E-state index < -0.39 is 0 Å². The lowest BCUT2D eigenvalue weighted by atomic mass is 10.2. The first-order valence-corrected chi connectivity index (χ1v) is 6.84. The fourth-order valence-electron chi connectivity index (χ4n) is 1.42. The van der Waals surface area contributed by atoms with Crippen LogP contribution in [0.15, 0.2) is 6.07 Å². The topological polar surface area (TPSA) is 47.0 Å². The van der Waals surface area contributed by atoms with Crippen LogP contribution in [-0.4, -0.2) is 29.7 Å². The van der Waals surface area contributed by atoms with E-state index in [9.17, 15) is 0 Å². The summed E-state index contributed by atoms with van der Waals surface area (Å²) in [6.45, 7) is 8.72. The number of aromatic nitrogens is 2. The van der Waals surface area contributed by atoms with Gasteiger partial charge in [0.05, 0.1) is 0 Å². The van der Waals surface area contributed by atoms with Crippen molar-refractivity contribution < 1.29 is 4.74 Å². The van der Waals surface area contributed by atoms with E-state index in [1.807, 2.05) is 6.92 Å². The van der Waals surface area contributed by atoms with Gasteiger partial charge in [0.2, 0.25) is 0 Å². The predicted molar refractivity (Wildman–Crippen MR) is 75.2 cm³/mol. The highest BCUT2D eigenvalue weighted by molar-refractivity contribution is 6.29. The fourth-order valence-corrected chi connectivity index (χ4v) is 1.62. The fraction of sp³-hybridized carbons (Fsp3) is 0.692. The van der Waals surface area contributed by atoms with Gasteiger partial charge in [-0.15, -0.1) is 0 Å². The van der Waals surface area contributed by atoms with E-state index in [-0.39, 0.29) is 0 Å². The Hall–Kier alpha value is -0.870. The summed E-state index contributed by atoms with van der Waals surface area (Å²) < 4.78 is 5.50. The summed E-state index contributed by atoms with van der Waals surface area (Å²) in [4.78, 5) is 8.47. The molecule has 0 bridgehead atoms. The second-order valence-electron chi connectivity index (χ2n) is 4.59. The van der Waals surface area contributed by atoms with Gasteiger partial charge in [-0.25, -0.2) is 9.97 Å². The van der Waals surface area contributed by atoms with Gasteiger partial charge >= 0.3 is 0 Å². The summed E-state index contributed by atoms with van der Waals surface area (Å²) in [5.41, 5.74) is 0. The van der Waals surface area contributed by atoms with Gasteiger partial charge in [0.25, 0.3) is 0 Å². The summed E-state index contributed by atoms with van der Waals surface area (Å²) >= 11 is 5.91. The average molecular weight is 272 g/mol. The molecule has 0 atom stereocenters. The predicted octanol–water partition coefficient (Wildman–Crippen LogP) is 3.17. The van der Waals surface area contributed by atoms with Crippen LogP contribution in [-0.2, 0) is 11.2 Å². The van der Waals surface area contributed by atoms with Gasteiger partial charge in [-0.2, -0.15) is 0 Å². The quantitative estimate of drug-likeness (QED) is 0.583. The molecule has 1 N–H and O–H groups in total. The van der Waals surface area contributed by atoms with Gasteiger partial charge in [0, 0.05) is 32.2 Å². The van der Waals surface area contributed by atoms with Gasteiger partial charge in [-0.1, -0.05) is 32.4 Å². The molecule has 1 rings (SSSR count). The van der Waals surface area contributed by atoms with Crippen molar-refractivity contribution in [2.75, 3.05) is 25.1 Å². The van der Waals surface area contributed by atoms with Crippen LogP contribution in [0.25, 0.3) is 0 Å². The standard InChI is InChI=1S/C13H22ClN3O/c1-4-12-16-11(14)8-13(17-12)15-6-5-7-18-9-10(2)3/h8,10H,4-7,9H2,1-3H3,(H,15,16,17). The highest BCUT2D eigenvalue weighted by Crippen LogP contribution is 2.11. The molecule has 1 heterocycles. The van der Waals surface area contributed by atoms with E-state index in [1.165, 1.54) is 0 Å². The van der Waals surface area contributed by atoms with Gasteiger partial charge in [0.1, 0.15) is 16.8 Å². The van der Waals surface area contributed by atoms with Crippen LogP contribution in [0.3, 0.4) is 0 Å². The van der Waals surface area contributed by atoms with Crippen molar-refractivity contribution in [3.8, 4) is 0 Å². The molecule has 0 aliphatic rings. The third kappa shape index (κ3) is 6.17. The van der Waals surface area contributed by atoms with E-state index in [2.05, 4.69) is 29.1 Å². The molecule has 102 valence electrons. The number of rotatable bonds is 8. The molecule has 0 aliphatic carbocycles. The second-order valence-corrected chi connectivity index (χ2v) is 4.98. The van der Waals surface area contributed by atoms with E-state index in [4.69, 9.17) is 16.3 Å². The third-order valence-electron chi connectivity index (χ3n) is 2.28. The highest BCUT2D eigenvalue weighted by Gasteiger charge is 2.01. The van der Waals surface area contributed by atoms with Crippen LogP contribution in [0, 0.1) is 5.92 Å². The average Bonchev–Trinajstić information content (AvgIpc) is 2.32. The van der Waals surface area contributed by atoms with Crippen LogP contribution in [0.4, 0.5) is 5.82 Å². The van der Waals surface area contributed by atoms with Gasteiger partial charge in [-0.05, 0) is 12.3 Å². The molecule has 0 saturated heterocycles. The van der Waals surface area contributed by atoms with Crippen molar-refractivity contribution in [2.24, 2.45) is 5.92 Å². The number of hydrogen-bond acceptors (Lipinski definition) is 4. The Morgan fingerprint density at radius 1 is 1.39 bits per heavy atom. The van der Waals surface area contributed by atoms with E-state index in [0.29, 0.717) is 11.1 Å². The van der Waals surface area contributed by atoms with Crippen LogP contribution >= 0.6 is 11.6 Å². The summed E-state index contributed by atoms with van der Waals surface area (Å²) in [5.74, 6) is 2.14. The lowest BCUT2D eigenvalue weighted by molar-refractivity contribution is 0.110. The number of aryl methyl sites for hydroxylation is 1. The monoisotopic (exact) mass is 271 g/mol. The van der Waals surface area contributed by atoms with Gasteiger partial charge in [-0.3, -0.25) is 0 Å². The minimum absolute atomic E-state index is 0.486. The van der Waals surface area contributed by atoms with Crippen molar-refractivity contribution >= 4 is 17.4 Å². The molecule has 0 aromatic carbocycles. The van der Waals surface area contributed by atoms with Crippen LogP contribution in [0.2, 0.25) is 5.15 Å². The zero-order chi connectivity index (χ0) is 13.4. The molecule has 0 radical (unpaired) electrons. The summed E-state index contributed by atoms with van der Waals surface area (Å²) in [5, 5.41) is 3.72. The van der Waals surface area contributed by atoms with Crippen molar-refractivity contribution in [1.82, 2.24) is 9.97 Å². The zero-order valence-electron chi connectivity index (χ0n) is 11.4. The van der Waals surface area contributed by atoms with Crippen LogP contribution in [0.5, 0.6) is 0 Å². The first-order chi connectivity index (χ1) is 8.61. The van der Waals surface area contributed by atoms with Crippen molar-refractivity contribution in [2.45, 2.75) is 33.6 Å². The largest absolute Gasteiger partial charge is 0.381 e. The van der Waals surface area contributed by atoms with Crippen molar-refractivity contribution in [3.05, 3.63) is 17.0 Å². The SMILES string of the molecule is CCc1nc(Cl)cc(NCCCOCC(C)C)n1. The van der Waals surface area contributed by atoms with Crippen LogP contribution in [0.1, 0.15) is 33.0 Å². The molecule has 0 saturated carbocycles. The molecule has 1 aromatic heterocycles. The first kappa shape index (κ1) is 15.2. The number of ether oxygens (including phenoxy) is 1. The van der Waals surface area contributed by atoms with Gasteiger partial charge < -0.3 is 10.1 Å². The number of nitrogens with one attached hydrogen (secondary N) is 1. The molecule has 0 unspecified atom stereocenters. The molecule has 5 heteroatoms. The lowest BCUT2D eigenvalue weighted by Gasteiger charge is -2.09. The Bertz CT molecular complexity index is 358. The Labute approximate surface area is 114 Å². The lowest BCUT2D eigenvalue weighted by Crippen LogP contribution is -2.10. The maximum Gasteiger partial charge on any atom is 0.134 e. The number of halogens is 1. The van der Waals surface area contributed by atoms with E-state index in [1.54, 1.807) is 6.07 Å². The molecule has 0 aliphatic heterocycles. The van der Waals surface area contributed by atoms with Crippen molar-refractivity contribution in [3.63, 3.8) is 0 Å². The molecule has 0 amide bonds. The van der Waals surface area contributed by atoms with E-state index in [0.717, 1.165) is 44.2 Å². The second kappa shape index (κ2) is 8.27. The Morgan fingerprint density at radius 2 is 2.17 bits per heavy atom.